The summed E-state index contributed by atoms with van der Waals surface area (Å²) in [5, 5.41) is 2.81. The number of benzene rings is 1. The molecule has 3 nitrogen and oxygen atoms in total. The molecule has 0 aliphatic carbocycles. The zero-order valence-corrected chi connectivity index (χ0v) is 7.78. The number of ether oxygens (including phenoxy) is 1. The van der Waals surface area contributed by atoms with E-state index in [0.29, 0.717) is 5.75 Å². The van der Waals surface area contributed by atoms with E-state index in [0.717, 1.165) is 0 Å². The fourth-order valence-corrected chi connectivity index (χ4v) is 0.811. The van der Waals surface area contributed by atoms with Gasteiger partial charge < -0.3 is 10.1 Å². The average Bonchev–Trinajstić information content (AvgIpc) is 2.18. The van der Waals surface area contributed by atoms with Crippen molar-refractivity contribution >= 4 is 5.97 Å². The molecule has 0 aromatic heterocycles. The molecule has 0 aliphatic rings. The maximum absolute atomic E-state index is 11.3. The van der Waals surface area contributed by atoms with Gasteiger partial charge in [0.1, 0.15) is 11.8 Å². The Morgan fingerprint density at radius 3 is 2.54 bits per heavy atom. The number of carbonyl (C=O) groups excluding carboxylic acids is 1. The first-order valence-electron chi connectivity index (χ1n) is 4.18. The van der Waals surface area contributed by atoms with Crippen LogP contribution in [0, 0.1) is 0 Å². The minimum absolute atomic E-state index is 0.270. The Morgan fingerprint density at radius 1 is 1.38 bits per heavy atom. The maximum atomic E-state index is 11.3. The van der Waals surface area contributed by atoms with Crippen LogP contribution in [0.3, 0.4) is 0 Å². The lowest BCUT2D eigenvalue weighted by Gasteiger charge is -2.09. The third-order valence-electron chi connectivity index (χ3n) is 1.75. The Morgan fingerprint density at radius 2 is 2.00 bits per heavy atom. The molecule has 1 aromatic carbocycles. The molecule has 1 atom stereocenters. The van der Waals surface area contributed by atoms with E-state index in [2.05, 4.69) is 5.32 Å². The van der Waals surface area contributed by atoms with E-state index in [-0.39, 0.29) is 12.0 Å². The van der Waals surface area contributed by atoms with Crippen molar-refractivity contribution in [3.63, 3.8) is 0 Å². The van der Waals surface area contributed by atoms with Crippen LogP contribution in [0.25, 0.3) is 0 Å². The molecule has 0 unspecified atom stereocenters. The van der Waals surface area contributed by atoms with Gasteiger partial charge in [-0.05, 0) is 26.1 Å². The lowest BCUT2D eigenvalue weighted by atomic mass is 10.3. The Labute approximate surface area is 77.7 Å². The highest BCUT2D eigenvalue weighted by atomic mass is 16.5. The summed E-state index contributed by atoms with van der Waals surface area (Å²) in [5.41, 5.74) is 0. The van der Waals surface area contributed by atoms with Gasteiger partial charge in [-0.2, -0.15) is 0 Å². The van der Waals surface area contributed by atoms with Crippen LogP contribution in [0.1, 0.15) is 6.92 Å². The zero-order valence-electron chi connectivity index (χ0n) is 7.78. The summed E-state index contributed by atoms with van der Waals surface area (Å²) in [7, 11) is 1.72. The van der Waals surface area contributed by atoms with Crippen LogP contribution in [0.2, 0.25) is 0 Å². The summed E-state index contributed by atoms with van der Waals surface area (Å²) in [6, 6.07) is 8.75. The van der Waals surface area contributed by atoms with E-state index in [1.165, 1.54) is 0 Å². The highest BCUT2D eigenvalue weighted by Gasteiger charge is 2.11. The van der Waals surface area contributed by atoms with Crippen molar-refractivity contribution in [2.24, 2.45) is 0 Å². The van der Waals surface area contributed by atoms with Gasteiger partial charge in [0.2, 0.25) is 0 Å². The molecule has 0 fully saturated rings. The molecular formula is C10H13NO2. The fourth-order valence-electron chi connectivity index (χ4n) is 0.811. The minimum Gasteiger partial charge on any atom is -0.425 e. The number of hydrogen-bond acceptors (Lipinski definition) is 3. The monoisotopic (exact) mass is 179 g/mol. The van der Waals surface area contributed by atoms with Gasteiger partial charge in [0.25, 0.3) is 0 Å². The number of nitrogens with one attached hydrogen (secondary N) is 1. The lowest BCUT2D eigenvalue weighted by Crippen LogP contribution is -2.34. The smallest absolute Gasteiger partial charge is 0.328 e. The zero-order chi connectivity index (χ0) is 9.68. The molecule has 3 heteroatoms. The van der Waals surface area contributed by atoms with Crippen LogP contribution in [0.15, 0.2) is 30.3 Å². The number of para-hydroxylation sites is 1. The fraction of sp³-hybridized carbons (Fsp3) is 0.300. The number of esters is 1. The molecule has 0 saturated heterocycles. The number of carbonyl (C=O) groups is 1. The third-order valence-corrected chi connectivity index (χ3v) is 1.75. The third kappa shape index (κ3) is 2.87. The van der Waals surface area contributed by atoms with Crippen molar-refractivity contribution in [3.05, 3.63) is 30.3 Å². The summed E-state index contributed by atoms with van der Waals surface area (Å²) in [5.74, 6) is 0.309. The van der Waals surface area contributed by atoms with E-state index in [4.69, 9.17) is 4.74 Å². The minimum atomic E-state index is -0.278. The molecule has 0 saturated carbocycles. The van der Waals surface area contributed by atoms with Gasteiger partial charge in [-0.3, -0.25) is 0 Å². The molecule has 13 heavy (non-hydrogen) atoms. The second-order valence-electron chi connectivity index (χ2n) is 2.74. The molecule has 1 N–H and O–H groups in total. The molecule has 0 aliphatic heterocycles. The highest BCUT2D eigenvalue weighted by Crippen LogP contribution is 2.08. The Kier molecular flexibility index (Phi) is 3.46. The summed E-state index contributed by atoms with van der Waals surface area (Å²) < 4.78 is 5.07. The predicted octanol–water partition coefficient (Wildman–Crippen LogP) is 1.20. The molecule has 1 rings (SSSR count). The Balaban J connectivity index is 2.55. The Hall–Kier alpha value is -1.35. The van der Waals surface area contributed by atoms with Crippen molar-refractivity contribution in [2.75, 3.05) is 7.05 Å². The quantitative estimate of drug-likeness (QED) is 0.559. The lowest BCUT2D eigenvalue weighted by molar-refractivity contribution is -0.136. The van der Waals surface area contributed by atoms with Crippen LogP contribution < -0.4 is 10.1 Å². The number of rotatable bonds is 3. The molecule has 0 heterocycles. The van der Waals surface area contributed by atoms with Crippen LogP contribution in [-0.2, 0) is 4.79 Å². The maximum Gasteiger partial charge on any atom is 0.328 e. The highest BCUT2D eigenvalue weighted by molar-refractivity contribution is 5.77. The molecular weight excluding hydrogens is 166 g/mol. The van der Waals surface area contributed by atoms with Gasteiger partial charge in [0.05, 0.1) is 0 Å². The van der Waals surface area contributed by atoms with Gasteiger partial charge in [-0.1, -0.05) is 18.2 Å². The van der Waals surface area contributed by atoms with Crippen LogP contribution in [0.5, 0.6) is 5.75 Å². The molecule has 1 aromatic rings. The van der Waals surface area contributed by atoms with E-state index in [9.17, 15) is 4.79 Å². The van der Waals surface area contributed by atoms with Crippen LogP contribution in [-0.4, -0.2) is 19.1 Å². The summed E-state index contributed by atoms with van der Waals surface area (Å²) in [6.45, 7) is 1.76. The van der Waals surface area contributed by atoms with E-state index < -0.39 is 0 Å². The van der Waals surface area contributed by atoms with Crippen LogP contribution >= 0.6 is 0 Å². The van der Waals surface area contributed by atoms with Crippen molar-refractivity contribution in [2.45, 2.75) is 13.0 Å². The number of hydrogen-bond donors (Lipinski definition) is 1. The molecule has 0 bridgehead atoms. The van der Waals surface area contributed by atoms with E-state index in [1.807, 2.05) is 18.2 Å². The number of likely N-dealkylation sites (N-methyl/N-ethyl adjacent to an activating group) is 1. The topological polar surface area (TPSA) is 38.3 Å². The Bertz CT molecular complexity index is 272. The first-order chi connectivity index (χ1) is 6.24. The summed E-state index contributed by atoms with van der Waals surface area (Å²) in [6.07, 6.45) is 0. The summed E-state index contributed by atoms with van der Waals surface area (Å²) >= 11 is 0. The van der Waals surface area contributed by atoms with Crippen molar-refractivity contribution in [1.82, 2.24) is 5.32 Å². The molecule has 70 valence electrons. The van der Waals surface area contributed by atoms with Crippen molar-refractivity contribution in [3.8, 4) is 5.75 Å². The SMILES string of the molecule is CN[C@H](C)C(=O)Oc1ccccc1. The van der Waals surface area contributed by atoms with E-state index >= 15 is 0 Å². The van der Waals surface area contributed by atoms with Crippen molar-refractivity contribution < 1.29 is 9.53 Å². The van der Waals surface area contributed by atoms with Gasteiger partial charge >= 0.3 is 5.97 Å². The van der Waals surface area contributed by atoms with Gasteiger partial charge in [0.15, 0.2) is 0 Å². The summed E-state index contributed by atoms with van der Waals surface area (Å²) in [4.78, 5) is 11.3. The normalized spacial score (nSPS) is 12.2. The first-order valence-corrected chi connectivity index (χ1v) is 4.18. The van der Waals surface area contributed by atoms with Gasteiger partial charge in [-0.25, -0.2) is 4.79 Å². The molecule has 0 spiro atoms. The average molecular weight is 179 g/mol. The second kappa shape index (κ2) is 4.62. The standard InChI is InChI=1S/C10H13NO2/c1-8(11-2)10(12)13-9-6-4-3-5-7-9/h3-8,11H,1-2H3/t8-/m1/s1. The van der Waals surface area contributed by atoms with E-state index in [1.54, 1.807) is 26.1 Å². The first kappa shape index (κ1) is 9.74. The second-order valence-corrected chi connectivity index (χ2v) is 2.74. The predicted molar refractivity (Wildman–Crippen MR) is 50.6 cm³/mol. The molecule has 0 radical (unpaired) electrons. The van der Waals surface area contributed by atoms with Gasteiger partial charge in [-0.15, -0.1) is 0 Å². The van der Waals surface area contributed by atoms with Crippen LogP contribution in [0.4, 0.5) is 0 Å². The largest absolute Gasteiger partial charge is 0.425 e. The van der Waals surface area contributed by atoms with Gasteiger partial charge in [0, 0.05) is 0 Å². The van der Waals surface area contributed by atoms with Crippen molar-refractivity contribution in [1.29, 1.82) is 0 Å². The molecule has 0 amide bonds.